The molecule has 0 saturated carbocycles. The molecule has 0 spiro atoms. The zero-order chi connectivity index (χ0) is 13.1. The molecule has 0 heterocycles. The molecule has 0 bridgehead atoms. The van der Waals surface area contributed by atoms with Crippen molar-refractivity contribution in [3.63, 3.8) is 0 Å². The molecule has 0 radical (unpaired) electrons. The number of ether oxygens (including phenoxy) is 1. The smallest absolute Gasteiger partial charge is 0.433 e. The molecule has 1 rings (SSSR count). The van der Waals surface area contributed by atoms with Crippen molar-refractivity contribution < 1.29 is 31.5 Å². The van der Waals surface area contributed by atoms with E-state index in [2.05, 4.69) is 4.74 Å². The minimum absolute atomic E-state index is 0.477. The van der Waals surface area contributed by atoms with Gasteiger partial charge in [0.1, 0.15) is 5.75 Å². The minimum atomic E-state index is -5.10. The number of para-hydroxylation sites is 2. The first-order valence-corrected chi connectivity index (χ1v) is 4.22. The Kier molecular flexibility index (Phi) is 3.87. The van der Waals surface area contributed by atoms with Gasteiger partial charge in [-0.25, -0.2) is 0 Å². The maximum Gasteiger partial charge on any atom is 0.471 e. The highest BCUT2D eigenvalue weighted by atomic mass is 19.4. The van der Waals surface area contributed by atoms with E-state index in [9.17, 15) is 26.7 Å². The molecule has 1 aromatic rings. The quantitative estimate of drug-likeness (QED) is 0.843. The van der Waals surface area contributed by atoms with Crippen LogP contribution in [0.15, 0.2) is 24.3 Å². The lowest BCUT2D eigenvalue weighted by Crippen LogP contribution is -2.30. The topological polar surface area (TPSA) is 38.3 Å². The molecule has 1 aromatic carbocycles. The Bertz CT molecular complexity index is 405. The van der Waals surface area contributed by atoms with Crippen LogP contribution in [0.5, 0.6) is 5.75 Å². The Morgan fingerprint density at radius 2 is 1.82 bits per heavy atom. The fraction of sp³-hybridized carbons (Fsp3) is 0.222. The summed E-state index contributed by atoms with van der Waals surface area (Å²) in [5.74, 6) is -2.80. The third-order valence-corrected chi connectivity index (χ3v) is 1.61. The predicted molar refractivity (Wildman–Crippen MR) is 47.8 cm³/mol. The van der Waals surface area contributed by atoms with Gasteiger partial charge in [0.15, 0.2) is 0 Å². The van der Waals surface area contributed by atoms with Crippen LogP contribution < -0.4 is 10.1 Å². The van der Waals surface area contributed by atoms with E-state index in [0.29, 0.717) is 0 Å². The molecular formula is C9H6F5NO2. The Labute approximate surface area is 92.2 Å². The van der Waals surface area contributed by atoms with Gasteiger partial charge in [0.25, 0.3) is 0 Å². The van der Waals surface area contributed by atoms with Crippen LogP contribution in [-0.4, -0.2) is 18.7 Å². The van der Waals surface area contributed by atoms with E-state index in [1.165, 1.54) is 17.4 Å². The van der Waals surface area contributed by atoms with Gasteiger partial charge in [-0.1, -0.05) is 12.1 Å². The molecule has 94 valence electrons. The van der Waals surface area contributed by atoms with Crippen LogP contribution in [-0.2, 0) is 4.79 Å². The average molecular weight is 255 g/mol. The first-order chi connectivity index (χ1) is 7.80. The van der Waals surface area contributed by atoms with Gasteiger partial charge in [-0.05, 0) is 12.1 Å². The highest BCUT2D eigenvalue weighted by Gasteiger charge is 2.39. The molecule has 0 aliphatic heterocycles. The first kappa shape index (κ1) is 13.2. The highest BCUT2D eigenvalue weighted by molar-refractivity contribution is 5.96. The maximum absolute atomic E-state index is 11.9. The Morgan fingerprint density at radius 3 is 2.35 bits per heavy atom. The fourth-order valence-corrected chi connectivity index (χ4v) is 0.962. The third kappa shape index (κ3) is 3.89. The number of halogens is 5. The van der Waals surface area contributed by atoms with Crippen molar-refractivity contribution in [1.29, 1.82) is 0 Å². The largest absolute Gasteiger partial charge is 0.471 e. The van der Waals surface area contributed by atoms with Gasteiger partial charge in [0.2, 0.25) is 0 Å². The summed E-state index contributed by atoms with van der Waals surface area (Å²) >= 11 is 0. The molecule has 0 saturated heterocycles. The van der Waals surface area contributed by atoms with E-state index in [-0.39, 0.29) is 0 Å². The molecule has 0 unspecified atom stereocenters. The third-order valence-electron chi connectivity index (χ3n) is 1.61. The van der Waals surface area contributed by atoms with E-state index in [0.717, 1.165) is 12.1 Å². The number of hydrogen-bond acceptors (Lipinski definition) is 2. The Balaban J connectivity index is 2.87. The van der Waals surface area contributed by atoms with Crippen LogP contribution in [0.4, 0.5) is 27.6 Å². The van der Waals surface area contributed by atoms with Gasteiger partial charge in [-0.15, -0.1) is 0 Å². The number of alkyl halides is 5. The number of anilines is 1. The van der Waals surface area contributed by atoms with Gasteiger partial charge in [0.05, 0.1) is 5.69 Å². The van der Waals surface area contributed by atoms with E-state index >= 15 is 0 Å². The summed E-state index contributed by atoms with van der Waals surface area (Å²) in [6.07, 6.45) is -5.10. The van der Waals surface area contributed by atoms with Crippen LogP contribution >= 0.6 is 0 Å². The lowest BCUT2D eigenvalue weighted by atomic mass is 10.3. The molecular weight excluding hydrogens is 249 g/mol. The lowest BCUT2D eigenvalue weighted by molar-refractivity contribution is -0.167. The summed E-state index contributed by atoms with van der Waals surface area (Å²) in [5.41, 5.74) is -0.477. The monoisotopic (exact) mass is 255 g/mol. The fourth-order valence-electron chi connectivity index (χ4n) is 0.962. The van der Waals surface area contributed by atoms with Crippen LogP contribution in [0.3, 0.4) is 0 Å². The number of hydrogen-bond donors (Lipinski definition) is 1. The van der Waals surface area contributed by atoms with Crippen LogP contribution in [0.25, 0.3) is 0 Å². The molecule has 0 aromatic heterocycles. The predicted octanol–water partition coefficient (Wildman–Crippen LogP) is 2.79. The average Bonchev–Trinajstić information content (AvgIpc) is 2.18. The number of benzene rings is 1. The second-order valence-corrected chi connectivity index (χ2v) is 2.83. The SMILES string of the molecule is O=C(Nc1ccccc1OC(F)F)C(F)(F)F. The van der Waals surface area contributed by atoms with Gasteiger partial charge in [-0.3, -0.25) is 4.79 Å². The summed E-state index contributed by atoms with van der Waals surface area (Å²) in [4.78, 5) is 10.6. The summed E-state index contributed by atoms with van der Waals surface area (Å²) in [6, 6.07) is 4.57. The number of carbonyl (C=O) groups excluding carboxylic acids is 1. The molecule has 17 heavy (non-hydrogen) atoms. The molecule has 0 atom stereocenters. The molecule has 1 N–H and O–H groups in total. The normalized spacial score (nSPS) is 11.4. The van der Waals surface area contributed by atoms with Crippen molar-refractivity contribution in [1.82, 2.24) is 0 Å². The summed E-state index contributed by atoms with van der Waals surface area (Å²) in [6.45, 7) is -3.20. The zero-order valence-corrected chi connectivity index (χ0v) is 8.09. The van der Waals surface area contributed by atoms with Crippen molar-refractivity contribution in [3.8, 4) is 5.75 Å². The second-order valence-electron chi connectivity index (χ2n) is 2.83. The van der Waals surface area contributed by atoms with E-state index in [1.54, 1.807) is 0 Å². The van der Waals surface area contributed by atoms with Crippen LogP contribution in [0, 0.1) is 0 Å². The molecule has 1 amide bonds. The van der Waals surface area contributed by atoms with E-state index < -0.39 is 30.1 Å². The summed E-state index contributed by atoms with van der Waals surface area (Å²) in [7, 11) is 0. The maximum atomic E-state index is 11.9. The van der Waals surface area contributed by atoms with Crippen molar-refractivity contribution in [2.45, 2.75) is 12.8 Å². The number of rotatable bonds is 3. The number of carbonyl (C=O) groups is 1. The van der Waals surface area contributed by atoms with Crippen LogP contribution in [0.1, 0.15) is 0 Å². The minimum Gasteiger partial charge on any atom is -0.433 e. The molecule has 0 fully saturated rings. The molecule has 0 aliphatic carbocycles. The van der Waals surface area contributed by atoms with Crippen molar-refractivity contribution in [3.05, 3.63) is 24.3 Å². The molecule has 3 nitrogen and oxygen atoms in total. The summed E-state index contributed by atoms with van der Waals surface area (Å²) < 4.78 is 63.6. The van der Waals surface area contributed by atoms with Gasteiger partial charge in [0, 0.05) is 0 Å². The van der Waals surface area contributed by atoms with E-state index in [1.807, 2.05) is 0 Å². The number of amides is 1. The second kappa shape index (κ2) is 4.98. The molecule has 0 aliphatic rings. The standard InChI is InChI=1S/C9H6F5NO2/c10-8(11)17-6-4-2-1-3-5(6)15-7(16)9(12,13)14/h1-4,8H,(H,15,16). The van der Waals surface area contributed by atoms with Gasteiger partial charge < -0.3 is 10.1 Å². The van der Waals surface area contributed by atoms with Crippen molar-refractivity contribution in [2.24, 2.45) is 0 Å². The van der Waals surface area contributed by atoms with Gasteiger partial charge >= 0.3 is 18.7 Å². The highest BCUT2D eigenvalue weighted by Crippen LogP contribution is 2.27. The Hall–Kier alpha value is -1.86. The summed E-state index contributed by atoms with van der Waals surface area (Å²) in [5, 5.41) is 1.43. The van der Waals surface area contributed by atoms with Crippen molar-refractivity contribution >= 4 is 11.6 Å². The number of nitrogens with one attached hydrogen (secondary N) is 1. The van der Waals surface area contributed by atoms with Crippen molar-refractivity contribution in [2.75, 3.05) is 5.32 Å². The van der Waals surface area contributed by atoms with E-state index in [4.69, 9.17) is 0 Å². The lowest BCUT2D eigenvalue weighted by Gasteiger charge is -2.12. The molecule has 8 heteroatoms. The van der Waals surface area contributed by atoms with Crippen LogP contribution in [0.2, 0.25) is 0 Å². The first-order valence-electron chi connectivity index (χ1n) is 4.22. The van der Waals surface area contributed by atoms with Gasteiger partial charge in [-0.2, -0.15) is 22.0 Å². The Morgan fingerprint density at radius 1 is 1.24 bits per heavy atom. The zero-order valence-electron chi connectivity index (χ0n) is 8.09.